The Balaban J connectivity index is 3.05. The van der Waals surface area contributed by atoms with E-state index in [1.54, 1.807) is 0 Å². The van der Waals surface area contributed by atoms with Crippen molar-refractivity contribution in [3.63, 3.8) is 0 Å². The van der Waals surface area contributed by atoms with Gasteiger partial charge in [-0.25, -0.2) is 0 Å². The second kappa shape index (κ2) is 3.80. The highest BCUT2D eigenvalue weighted by Crippen LogP contribution is 1.91. The molecular formula is C5H12N2S. The fraction of sp³-hybridized carbons (Fsp3) is 0.800. The third kappa shape index (κ3) is 5.85. The van der Waals surface area contributed by atoms with Gasteiger partial charge in [0.2, 0.25) is 0 Å². The summed E-state index contributed by atoms with van der Waals surface area (Å²) in [6.45, 7) is 1.94. The van der Waals surface area contributed by atoms with Crippen LogP contribution < -0.4 is 11.5 Å². The normalized spacial score (nSPS) is 13.2. The van der Waals surface area contributed by atoms with Crippen LogP contribution in [0, 0.1) is 0 Å². The van der Waals surface area contributed by atoms with Crippen LogP contribution in [0.4, 0.5) is 0 Å². The van der Waals surface area contributed by atoms with Crippen molar-refractivity contribution in [3.8, 4) is 0 Å². The summed E-state index contributed by atoms with van der Waals surface area (Å²) < 4.78 is 0. The van der Waals surface area contributed by atoms with Gasteiger partial charge in [-0.05, 0) is 19.8 Å². The van der Waals surface area contributed by atoms with Gasteiger partial charge >= 0.3 is 0 Å². The Bertz CT molecular complexity index is 80.5. The monoisotopic (exact) mass is 132 g/mol. The fourth-order valence-corrected chi connectivity index (χ4v) is 0.488. The first kappa shape index (κ1) is 7.85. The van der Waals surface area contributed by atoms with Crippen LogP contribution in [0.5, 0.6) is 0 Å². The molecule has 0 radical (unpaired) electrons. The van der Waals surface area contributed by atoms with E-state index in [1.165, 1.54) is 0 Å². The molecule has 0 rings (SSSR count). The van der Waals surface area contributed by atoms with Crippen molar-refractivity contribution in [2.75, 3.05) is 0 Å². The van der Waals surface area contributed by atoms with E-state index < -0.39 is 0 Å². The van der Waals surface area contributed by atoms with E-state index in [4.69, 9.17) is 11.5 Å². The summed E-state index contributed by atoms with van der Waals surface area (Å²) in [5, 5.41) is 0. The maximum atomic E-state index is 5.43. The van der Waals surface area contributed by atoms with Crippen molar-refractivity contribution in [1.29, 1.82) is 0 Å². The molecule has 0 aromatic rings. The standard InChI is InChI=1S/C5H12N2S/c1-4(6)2-3-5(7)8/h4H,2-3,6H2,1H3,(H2,7,8). The van der Waals surface area contributed by atoms with Crippen LogP contribution in [-0.4, -0.2) is 11.0 Å². The largest absolute Gasteiger partial charge is 0.393 e. The van der Waals surface area contributed by atoms with Crippen LogP contribution >= 0.6 is 12.2 Å². The molecule has 2 nitrogen and oxygen atoms in total. The number of thiocarbonyl (C=S) groups is 1. The number of nitrogens with two attached hydrogens (primary N) is 2. The lowest BCUT2D eigenvalue weighted by Crippen LogP contribution is -2.18. The highest BCUT2D eigenvalue weighted by Gasteiger charge is 1.93. The minimum absolute atomic E-state index is 0.219. The molecule has 0 aromatic heterocycles. The van der Waals surface area contributed by atoms with Gasteiger partial charge in [-0.1, -0.05) is 12.2 Å². The SMILES string of the molecule is CC(N)CCC(N)=S. The van der Waals surface area contributed by atoms with Crippen LogP contribution in [0.25, 0.3) is 0 Å². The van der Waals surface area contributed by atoms with Crippen molar-refractivity contribution in [2.45, 2.75) is 25.8 Å². The molecule has 0 aliphatic heterocycles. The highest BCUT2D eigenvalue weighted by atomic mass is 32.1. The van der Waals surface area contributed by atoms with Crippen LogP contribution in [0.2, 0.25) is 0 Å². The predicted octanol–water partition coefficient (Wildman–Crippen LogP) is 0.400. The number of hydrogen-bond acceptors (Lipinski definition) is 2. The summed E-state index contributed by atoms with van der Waals surface area (Å²) in [5.41, 5.74) is 10.6. The Kier molecular flexibility index (Phi) is 3.73. The Morgan fingerprint density at radius 3 is 2.38 bits per heavy atom. The Morgan fingerprint density at radius 1 is 1.75 bits per heavy atom. The Morgan fingerprint density at radius 2 is 2.25 bits per heavy atom. The van der Waals surface area contributed by atoms with E-state index in [0.717, 1.165) is 12.8 Å². The first-order valence-corrected chi connectivity index (χ1v) is 3.07. The number of hydrogen-bond donors (Lipinski definition) is 2. The molecular weight excluding hydrogens is 120 g/mol. The quantitative estimate of drug-likeness (QED) is 0.546. The Labute approximate surface area is 55.2 Å². The van der Waals surface area contributed by atoms with Gasteiger partial charge in [0.15, 0.2) is 0 Å². The third-order valence-corrected chi connectivity index (χ3v) is 1.05. The zero-order chi connectivity index (χ0) is 6.57. The average Bonchev–Trinajstić information content (AvgIpc) is 1.61. The molecule has 0 amide bonds. The molecule has 0 spiro atoms. The molecule has 0 heterocycles. The smallest absolute Gasteiger partial charge is 0.0727 e. The molecule has 0 aliphatic carbocycles. The van der Waals surface area contributed by atoms with Crippen molar-refractivity contribution in [2.24, 2.45) is 11.5 Å². The molecule has 4 N–H and O–H groups in total. The molecule has 1 unspecified atom stereocenters. The second-order valence-corrected chi connectivity index (χ2v) is 2.51. The minimum Gasteiger partial charge on any atom is -0.393 e. The van der Waals surface area contributed by atoms with Crippen LogP contribution in [-0.2, 0) is 0 Å². The van der Waals surface area contributed by atoms with Gasteiger partial charge in [-0.15, -0.1) is 0 Å². The molecule has 0 fully saturated rings. The van der Waals surface area contributed by atoms with Crippen molar-refractivity contribution < 1.29 is 0 Å². The molecule has 0 aliphatic rings. The fourth-order valence-electron chi connectivity index (χ4n) is 0.370. The summed E-state index contributed by atoms with van der Waals surface area (Å²) in [7, 11) is 0. The van der Waals surface area contributed by atoms with E-state index in [1.807, 2.05) is 6.92 Å². The maximum absolute atomic E-state index is 5.43. The van der Waals surface area contributed by atoms with Gasteiger partial charge in [0, 0.05) is 6.04 Å². The first-order valence-electron chi connectivity index (χ1n) is 2.67. The summed E-state index contributed by atoms with van der Waals surface area (Å²) >= 11 is 4.64. The van der Waals surface area contributed by atoms with Gasteiger partial charge < -0.3 is 11.5 Å². The summed E-state index contributed by atoms with van der Waals surface area (Å²) in [5.74, 6) is 0. The van der Waals surface area contributed by atoms with E-state index in [0.29, 0.717) is 4.99 Å². The molecule has 0 saturated heterocycles. The van der Waals surface area contributed by atoms with Gasteiger partial charge in [-0.3, -0.25) is 0 Å². The molecule has 0 saturated carbocycles. The lowest BCUT2D eigenvalue weighted by atomic mass is 10.2. The first-order chi connectivity index (χ1) is 3.63. The molecule has 0 bridgehead atoms. The topological polar surface area (TPSA) is 52.0 Å². The Hall–Kier alpha value is -0.150. The van der Waals surface area contributed by atoms with Gasteiger partial charge in [0.05, 0.1) is 4.99 Å². The van der Waals surface area contributed by atoms with Gasteiger partial charge in [-0.2, -0.15) is 0 Å². The van der Waals surface area contributed by atoms with E-state index in [-0.39, 0.29) is 6.04 Å². The highest BCUT2D eigenvalue weighted by molar-refractivity contribution is 7.80. The summed E-state index contributed by atoms with van der Waals surface area (Å²) in [6.07, 6.45) is 1.67. The zero-order valence-corrected chi connectivity index (χ0v) is 5.87. The summed E-state index contributed by atoms with van der Waals surface area (Å²) in [6, 6.07) is 0.219. The van der Waals surface area contributed by atoms with E-state index in [9.17, 15) is 0 Å². The van der Waals surface area contributed by atoms with Crippen molar-refractivity contribution in [1.82, 2.24) is 0 Å². The van der Waals surface area contributed by atoms with E-state index in [2.05, 4.69) is 12.2 Å². The van der Waals surface area contributed by atoms with Gasteiger partial charge in [0.25, 0.3) is 0 Å². The van der Waals surface area contributed by atoms with Crippen molar-refractivity contribution >= 4 is 17.2 Å². The molecule has 3 heteroatoms. The minimum atomic E-state index is 0.219. The number of rotatable bonds is 3. The van der Waals surface area contributed by atoms with Crippen LogP contribution in [0.3, 0.4) is 0 Å². The molecule has 8 heavy (non-hydrogen) atoms. The molecule has 0 aromatic carbocycles. The van der Waals surface area contributed by atoms with Crippen molar-refractivity contribution in [3.05, 3.63) is 0 Å². The molecule has 1 atom stereocenters. The van der Waals surface area contributed by atoms with E-state index >= 15 is 0 Å². The molecule has 48 valence electrons. The zero-order valence-electron chi connectivity index (χ0n) is 5.05. The van der Waals surface area contributed by atoms with Crippen LogP contribution in [0.1, 0.15) is 19.8 Å². The average molecular weight is 132 g/mol. The van der Waals surface area contributed by atoms with Crippen LogP contribution in [0.15, 0.2) is 0 Å². The maximum Gasteiger partial charge on any atom is 0.0727 e. The predicted molar refractivity (Wildman–Crippen MR) is 39.7 cm³/mol. The lowest BCUT2D eigenvalue weighted by Gasteiger charge is -2.00. The second-order valence-electron chi connectivity index (χ2n) is 1.98. The third-order valence-electron chi connectivity index (χ3n) is 0.846. The van der Waals surface area contributed by atoms with Gasteiger partial charge in [0.1, 0.15) is 0 Å². The lowest BCUT2D eigenvalue weighted by molar-refractivity contribution is 0.688. The summed E-state index contributed by atoms with van der Waals surface area (Å²) in [4.78, 5) is 0.558.